The lowest BCUT2D eigenvalue weighted by Crippen LogP contribution is -2.48. The molecule has 1 rings (SSSR count). The number of ether oxygens (including phenoxy) is 1. The van der Waals surface area contributed by atoms with E-state index in [4.69, 9.17) is 4.74 Å². The molecule has 1 aliphatic rings. The van der Waals surface area contributed by atoms with Crippen LogP contribution < -0.4 is 5.32 Å². The van der Waals surface area contributed by atoms with Gasteiger partial charge in [-0.2, -0.15) is 0 Å². The van der Waals surface area contributed by atoms with Crippen molar-refractivity contribution in [1.29, 1.82) is 0 Å². The Hall–Kier alpha value is -0.770. The third-order valence-corrected chi connectivity index (χ3v) is 3.66. The van der Waals surface area contributed by atoms with Gasteiger partial charge in [0, 0.05) is 25.2 Å². The molecule has 1 atom stereocenters. The van der Waals surface area contributed by atoms with Crippen LogP contribution in [-0.2, 0) is 4.74 Å². The molecule has 4 nitrogen and oxygen atoms in total. The molecule has 1 fully saturated rings. The highest BCUT2D eigenvalue weighted by Gasteiger charge is 2.27. The van der Waals surface area contributed by atoms with Gasteiger partial charge in [-0.3, -0.25) is 0 Å². The minimum Gasteiger partial charge on any atom is -0.444 e. The molecule has 1 heterocycles. The molecule has 20 heavy (non-hydrogen) atoms. The Labute approximate surface area is 124 Å². The van der Waals surface area contributed by atoms with Crippen LogP contribution in [0.25, 0.3) is 0 Å². The van der Waals surface area contributed by atoms with Gasteiger partial charge in [-0.15, -0.1) is 0 Å². The quantitative estimate of drug-likeness (QED) is 0.839. The molecule has 1 aliphatic heterocycles. The van der Waals surface area contributed by atoms with Gasteiger partial charge in [0.2, 0.25) is 0 Å². The molecule has 4 heteroatoms. The van der Waals surface area contributed by atoms with Crippen molar-refractivity contribution in [2.45, 2.75) is 84.4 Å². The normalized spacial score (nSPS) is 18.9. The predicted molar refractivity (Wildman–Crippen MR) is 83.0 cm³/mol. The molecule has 0 saturated carbocycles. The Bertz CT molecular complexity index is 291. The maximum absolute atomic E-state index is 12.0. The number of rotatable bonds is 5. The van der Waals surface area contributed by atoms with Crippen molar-refractivity contribution in [2.75, 3.05) is 13.1 Å². The summed E-state index contributed by atoms with van der Waals surface area (Å²) < 4.78 is 5.41. The Balaban J connectivity index is 2.27. The first-order chi connectivity index (χ1) is 9.31. The number of piperidine rings is 1. The van der Waals surface area contributed by atoms with Crippen LogP contribution in [0.15, 0.2) is 0 Å². The second-order valence-corrected chi connectivity index (χ2v) is 6.95. The SMILES string of the molecule is CCCCC(C)NC1CCN(C(=O)OC(C)(C)C)CC1. The fraction of sp³-hybridized carbons (Fsp3) is 0.938. The summed E-state index contributed by atoms with van der Waals surface area (Å²) in [6, 6.07) is 1.12. The van der Waals surface area contributed by atoms with E-state index in [0.29, 0.717) is 12.1 Å². The Kier molecular flexibility index (Phi) is 6.80. The molecule has 0 aliphatic carbocycles. The lowest BCUT2D eigenvalue weighted by atomic mass is 10.0. The van der Waals surface area contributed by atoms with Gasteiger partial charge in [0.25, 0.3) is 0 Å². The Morgan fingerprint density at radius 3 is 2.45 bits per heavy atom. The average molecular weight is 284 g/mol. The van der Waals surface area contributed by atoms with Crippen LogP contribution in [0.5, 0.6) is 0 Å². The number of nitrogens with zero attached hydrogens (tertiary/aromatic N) is 1. The molecule has 1 saturated heterocycles. The van der Waals surface area contributed by atoms with Gasteiger partial charge in [-0.05, 0) is 47.0 Å². The fourth-order valence-corrected chi connectivity index (χ4v) is 2.55. The minimum absolute atomic E-state index is 0.171. The highest BCUT2D eigenvalue weighted by atomic mass is 16.6. The smallest absolute Gasteiger partial charge is 0.410 e. The number of amides is 1. The Morgan fingerprint density at radius 1 is 1.35 bits per heavy atom. The van der Waals surface area contributed by atoms with Crippen LogP contribution in [0.3, 0.4) is 0 Å². The van der Waals surface area contributed by atoms with Crippen LogP contribution in [0.1, 0.15) is 66.7 Å². The molecular weight excluding hydrogens is 252 g/mol. The van der Waals surface area contributed by atoms with E-state index >= 15 is 0 Å². The van der Waals surface area contributed by atoms with Gasteiger partial charge in [0.15, 0.2) is 0 Å². The van der Waals surface area contributed by atoms with Crippen molar-refractivity contribution in [2.24, 2.45) is 0 Å². The average Bonchev–Trinajstić information content (AvgIpc) is 2.35. The van der Waals surface area contributed by atoms with Crippen molar-refractivity contribution in [3.05, 3.63) is 0 Å². The van der Waals surface area contributed by atoms with E-state index < -0.39 is 5.60 Å². The van der Waals surface area contributed by atoms with E-state index in [2.05, 4.69) is 19.2 Å². The van der Waals surface area contributed by atoms with E-state index in [1.54, 1.807) is 0 Å². The third kappa shape index (κ3) is 6.60. The van der Waals surface area contributed by atoms with Crippen LogP contribution in [0, 0.1) is 0 Å². The van der Waals surface area contributed by atoms with Gasteiger partial charge in [-0.25, -0.2) is 4.79 Å². The van der Waals surface area contributed by atoms with Crippen molar-refractivity contribution in [1.82, 2.24) is 10.2 Å². The summed E-state index contributed by atoms with van der Waals surface area (Å²) in [5, 5.41) is 3.68. The summed E-state index contributed by atoms with van der Waals surface area (Å²) in [5.74, 6) is 0. The summed E-state index contributed by atoms with van der Waals surface area (Å²) in [5.41, 5.74) is -0.402. The zero-order chi connectivity index (χ0) is 15.2. The molecule has 0 bridgehead atoms. The number of nitrogens with one attached hydrogen (secondary N) is 1. The highest BCUT2D eigenvalue weighted by molar-refractivity contribution is 5.68. The van der Waals surface area contributed by atoms with Crippen molar-refractivity contribution >= 4 is 6.09 Å². The van der Waals surface area contributed by atoms with Crippen molar-refractivity contribution < 1.29 is 9.53 Å². The molecular formula is C16H32N2O2. The van der Waals surface area contributed by atoms with Gasteiger partial charge < -0.3 is 15.0 Å². The van der Waals surface area contributed by atoms with Gasteiger partial charge in [-0.1, -0.05) is 19.8 Å². The van der Waals surface area contributed by atoms with E-state index in [1.807, 2.05) is 25.7 Å². The highest BCUT2D eigenvalue weighted by Crippen LogP contribution is 2.16. The second-order valence-electron chi connectivity index (χ2n) is 6.95. The molecule has 0 radical (unpaired) electrons. The molecule has 0 aromatic rings. The lowest BCUT2D eigenvalue weighted by Gasteiger charge is -2.35. The van der Waals surface area contributed by atoms with E-state index in [1.165, 1.54) is 19.3 Å². The molecule has 0 aromatic heterocycles. The minimum atomic E-state index is -0.402. The van der Waals surface area contributed by atoms with Crippen LogP contribution >= 0.6 is 0 Å². The summed E-state index contributed by atoms with van der Waals surface area (Å²) in [7, 11) is 0. The zero-order valence-electron chi connectivity index (χ0n) is 13.9. The first-order valence-electron chi connectivity index (χ1n) is 8.05. The number of carbonyl (C=O) groups is 1. The fourth-order valence-electron chi connectivity index (χ4n) is 2.55. The molecule has 1 unspecified atom stereocenters. The monoisotopic (exact) mass is 284 g/mol. The van der Waals surface area contributed by atoms with Gasteiger partial charge in [0.1, 0.15) is 5.60 Å². The van der Waals surface area contributed by atoms with Crippen molar-refractivity contribution in [3.63, 3.8) is 0 Å². The number of likely N-dealkylation sites (tertiary alicyclic amines) is 1. The molecule has 0 spiro atoms. The first kappa shape index (κ1) is 17.3. The summed E-state index contributed by atoms with van der Waals surface area (Å²) >= 11 is 0. The number of unbranched alkanes of at least 4 members (excludes halogenated alkanes) is 1. The van der Waals surface area contributed by atoms with E-state index in [9.17, 15) is 4.79 Å². The summed E-state index contributed by atoms with van der Waals surface area (Å²) in [6.07, 6.45) is 5.65. The Morgan fingerprint density at radius 2 is 1.95 bits per heavy atom. The van der Waals surface area contributed by atoms with E-state index in [-0.39, 0.29) is 6.09 Å². The lowest BCUT2D eigenvalue weighted by molar-refractivity contribution is 0.0196. The number of carbonyl (C=O) groups excluding carboxylic acids is 1. The predicted octanol–water partition coefficient (Wildman–Crippen LogP) is 3.55. The molecule has 0 aromatic carbocycles. The van der Waals surface area contributed by atoms with Gasteiger partial charge in [0.05, 0.1) is 0 Å². The molecule has 1 N–H and O–H groups in total. The zero-order valence-corrected chi connectivity index (χ0v) is 13.9. The van der Waals surface area contributed by atoms with Crippen molar-refractivity contribution in [3.8, 4) is 0 Å². The number of hydrogen-bond donors (Lipinski definition) is 1. The van der Waals surface area contributed by atoms with Crippen LogP contribution in [0.2, 0.25) is 0 Å². The first-order valence-corrected chi connectivity index (χ1v) is 8.05. The van der Waals surface area contributed by atoms with Crippen LogP contribution in [0.4, 0.5) is 4.79 Å². The maximum Gasteiger partial charge on any atom is 0.410 e. The second kappa shape index (κ2) is 7.87. The number of hydrogen-bond acceptors (Lipinski definition) is 3. The topological polar surface area (TPSA) is 41.6 Å². The molecule has 118 valence electrons. The van der Waals surface area contributed by atoms with Gasteiger partial charge >= 0.3 is 6.09 Å². The molecule has 1 amide bonds. The summed E-state index contributed by atoms with van der Waals surface area (Å²) in [4.78, 5) is 13.8. The van der Waals surface area contributed by atoms with E-state index in [0.717, 1.165) is 25.9 Å². The summed E-state index contributed by atoms with van der Waals surface area (Å²) in [6.45, 7) is 11.8. The largest absolute Gasteiger partial charge is 0.444 e. The maximum atomic E-state index is 12.0. The third-order valence-electron chi connectivity index (χ3n) is 3.66. The standard InChI is InChI=1S/C16H32N2O2/c1-6-7-8-13(2)17-14-9-11-18(12-10-14)15(19)20-16(3,4)5/h13-14,17H,6-12H2,1-5H3. The van der Waals surface area contributed by atoms with Crippen LogP contribution in [-0.4, -0.2) is 41.8 Å².